The lowest BCUT2D eigenvalue weighted by Gasteiger charge is -2.15. The molecule has 100 valence electrons. The standard InChI is InChI=1S/C14H12ClFINO/c1-19-9-3-4-10(12(16)7-9)14(18)8-2-5-13(17)11(15)6-8/h2-7,14H,18H2,1H3. The molecule has 19 heavy (non-hydrogen) atoms. The van der Waals surface area contributed by atoms with Gasteiger partial charge in [0.25, 0.3) is 0 Å². The quantitative estimate of drug-likeness (QED) is 0.798. The molecule has 5 heteroatoms. The minimum atomic E-state index is -0.555. The van der Waals surface area contributed by atoms with Gasteiger partial charge in [0.15, 0.2) is 0 Å². The average molecular weight is 392 g/mol. The molecule has 0 aliphatic heterocycles. The summed E-state index contributed by atoms with van der Waals surface area (Å²) in [6, 6.07) is 9.56. The Balaban J connectivity index is 2.38. The molecule has 0 spiro atoms. The van der Waals surface area contributed by atoms with Gasteiger partial charge < -0.3 is 10.5 Å². The Morgan fingerprint density at radius 2 is 2.00 bits per heavy atom. The molecule has 1 atom stereocenters. The van der Waals surface area contributed by atoms with Crippen molar-refractivity contribution >= 4 is 34.2 Å². The number of nitrogens with two attached hydrogens (primary N) is 1. The molecule has 1 unspecified atom stereocenters. The molecule has 0 fully saturated rings. The van der Waals surface area contributed by atoms with Gasteiger partial charge in [0, 0.05) is 15.2 Å². The Morgan fingerprint density at radius 1 is 1.26 bits per heavy atom. The molecule has 0 saturated carbocycles. The van der Waals surface area contributed by atoms with Crippen molar-refractivity contribution in [1.82, 2.24) is 0 Å². The number of hydrogen-bond donors (Lipinski definition) is 1. The Hall–Kier alpha value is -0.850. The lowest BCUT2D eigenvalue weighted by molar-refractivity contribution is 0.410. The van der Waals surface area contributed by atoms with Crippen molar-refractivity contribution in [3.05, 3.63) is 61.9 Å². The lowest BCUT2D eigenvalue weighted by Crippen LogP contribution is -2.13. The molecule has 2 N–H and O–H groups in total. The van der Waals surface area contributed by atoms with Crippen LogP contribution in [0.3, 0.4) is 0 Å². The van der Waals surface area contributed by atoms with Crippen LogP contribution in [0.5, 0.6) is 5.75 Å². The molecule has 0 amide bonds. The minimum Gasteiger partial charge on any atom is -0.497 e. The van der Waals surface area contributed by atoms with Crippen LogP contribution in [0, 0.1) is 9.39 Å². The number of methoxy groups -OCH3 is 1. The molecule has 2 rings (SSSR count). The van der Waals surface area contributed by atoms with E-state index in [0.717, 1.165) is 9.13 Å². The predicted octanol–water partition coefficient (Wildman–Crippen LogP) is 4.14. The largest absolute Gasteiger partial charge is 0.497 e. The summed E-state index contributed by atoms with van der Waals surface area (Å²) in [5.41, 5.74) is 7.27. The van der Waals surface area contributed by atoms with Crippen molar-refractivity contribution in [1.29, 1.82) is 0 Å². The highest BCUT2D eigenvalue weighted by Gasteiger charge is 2.15. The molecule has 2 nitrogen and oxygen atoms in total. The van der Waals surface area contributed by atoms with Crippen LogP contribution < -0.4 is 10.5 Å². The van der Waals surface area contributed by atoms with E-state index in [1.54, 1.807) is 18.2 Å². The van der Waals surface area contributed by atoms with Crippen LogP contribution in [-0.4, -0.2) is 7.11 Å². The van der Waals surface area contributed by atoms with Gasteiger partial charge in [-0.05, 0) is 46.4 Å². The van der Waals surface area contributed by atoms with E-state index < -0.39 is 6.04 Å². The van der Waals surface area contributed by atoms with E-state index in [1.807, 2.05) is 12.1 Å². The van der Waals surface area contributed by atoms with E-state index in [-0.39, 0.29) is 5.82 Å². The Kier molecular flexibility index (Phi) is 4.65. The number of ether oxygens (including phenoxy) is 1. The highest BCUT2D eigenvalue weighted by molar-refractivity contribution is 14.1. The van der Waals surface area contributed by atoms with Crippen LogP contribution in [-0.2, 0) is 0 Å². The third kappa shape index (κ3) is 3.19. The van der Waals surface area contributed by atoms with Gasteiger partial charge in [0.05, 0.1) is 18.2 Å². The molecular weight excluding hydrogens is 380 g/mol. The maximum absolute atomic E-state index is 14.0. The van der Waals surface area contributed by atoms with Gasteiger partial charge in [0.2, 0.25) is 0 Å². The second-order valence-electron chi connectivity index (χ2n) is 4.04. The molecule has 0 bridgehead atoms. The first-order valence-corrected chi connectivity index (χ1v) is 7.02. The van der Waals surface area contributed by atoms with Crippen molar-refractivity contribution in [2.75, 3.05) is 7.11 Å². The molecule has 0 aliphatic rings. The van der Waals surface area contributed by atoms with Crippen molar-refractivity contribution in [3.8, 4) is 5.75 Å². The maximum Gasteiger partial charge on any atom is 0.132 e. The fraction of sp³-hybridized carbons (Fsp3) is 0.143. The summed E-state index contributed by atoms with van der Waals surface area (Å²) in [5, 5.41) is 0.613. The van der Waals surface area contributed by atoms with Crippen LogP contribution in [0.4, 0.5) is 4.39 Å². The fourth-order valence-electron chi connectivity index (χ4n) is 1.77. The summed E-state index contributed by atoms with van der Waals surface area (Å²) in [6.07, 6.45) is 0. The molecule has 2 aromatic rings. The summed E-state index contributed by atoms with van der Waals surface area (Å²) in [6.45, 7) is 0. The molecule has 0 radical (unpaired) electrons. The van der Waals surface area contributed by atoms with Crippen molar-refractivity contribution in [3.63, 3.8) is 0 Å². The van der Waals surface area contributed by atoms with Crippen molar-refractivity contribution in [2.24, 2.45) is 5.73 Å². The topological polar surface area (TPSA) is 35.2 Å². The average Bonchev–Trinajstić information content (AvgIpc) is 2.41. The first-order valence-electron chi connectivity index (χ1n) is 5.57. The van der Waals surface area contributed by atoms with E-state index in [0.29, 0.717) is 16.3 Å². The number of halogens is 3. The van der Waals surface area contributed by atoms with E-state index in [2.05, 4.69) is 22.6 Å². The van der Waals surface area contributed by atoms with Gasteiger partial charge in [-0.15, -0.1) is 0 Å². The Morgan fingerprint density at radius 3 is 2.58 bits per heavy atom. The van der Waals surface area contributed by atoms with Gasteiger partial charge in [-0.2, -0.15) is 0 Å². The summed E-state index contributed by atoms with van der Waals surface area (Å²) in [7, 11) is 1.49. The second-order valence-corrected chi connectivity index (χ2v) is 5.61. The smallest absolute Gasteiger partial charge is 0.132 e. The highest BCUT2D eigenvalue weighted by Crippen LogP contribution is 2.28. The van der Waals surface area contributed by atoms with Crippen LogP contribution in [0.15, 0.2) is 36.4 Å². The van der Waals surface area contributed by atoms with E-state index >= 15 is 0 Å². The summed E-state index contributed by atoms with van der Waals surface area (Å²) >= 11 is 8.19. The van der Waals surface area contributed by atoms with E-state index in [9.17, 15) is 4.39 Å². The number of rotatable bonds is 3. The number of hydrogen-bond acceptors (Lipinski definition) is 2. The second kappa shape index (κ2) is 6.07. The third-order valence-corrected chi connectivity index (χ3v) is 4.42. The van der Waals surface area contributed by atoms with Gasteiger partial charge >= 0.3 is 0 Å². The molecule has 0 aliphatic carbocycles. The Labute approximate surface area is 129 Å². The summed E-state index contributed by atoms with van der Waals surface area (Å²) in [4.78, 5) is 0. The van der Waals surface area contributed by atoms with Crippen LogP contribution in [0.1, 0.15) is 17.2 Å². The SMILES string of the molecule is COc1ccc(C(N)c2ccc(I)c(Cl)c2)c(F)c1. The zero-order valence-corrected chi connectivity index (χ0v) is 13.1. The third-order valence-electron chi connectivity index (χ3n) is 2.85. The van der Waals surface area contributed by atoms with Gasteiger partial charge in [0.1, 0.15) is 11.6 Å². The van der Waals surface area contributed by atoms with E-state index in [4.69, 9.17) is 22.1 Å². The monoisotopic (exact) mass is 391 g/mol. The summed E-state index contributed by atoms with van der Waals surface area (Å²) < 4.78 is 19.9. The molecule has 0 heterocycles. The Bertz CT molecular complexity index is 606. The van der Waals surface area contributed by atoms with Crippen molar-refractivity contribution < 1.29 is 9.13 Å². The van der Waals surface area contributed by atoms with Crippen LogP contribution in [0.25, 0.3) is 0 Å². The minimum absolute atomic E-state index is 0.387. The van der Waals surface area contributed by atoms with Gasteiger partial charge in [-0.3, -0.25) is 0 Å². The van der Waals surface area contributed by atoms with E-state index in [1.165, 1.54) is 13.2 Å². The van der Waals surface area contributed by atoms with Crippen molar-refractivity contribution in [2.45, 2.75) is 6.04 Å². The predicted molar refractivity (Wildman–Crippen MR) is 83.2 cm³/mol. The zero-order chi connectivity index (χ0) is 14.0. The molecule has 0 aromatic heterocycles. The number of benzene rings is 2. The maximum atomic E-state index is 14.0. The zero-order valence-electron chi connectivity index (χ0n) is 10.2. The molecule has 2 aromatic carbocycles. The van der Waals surface area contributed by atoms with Crippen LogP contribution >= 0.6 is 34.2 Å². The normalized spacial score (nSPS) is 12.3. The molecular formula is C14H12ClFINO. The fourth-order valence-corrected chi connectivity index (χ4v) is 2.30. The molecule has 0 saturated heterocycles. The van der Waals surface area contributed by atoms with Crippen LogP contribution in [0.2, 0.25) is 5.02 Å². The summed E-state index contributed by atoms with van der Waals surface area (Å²) in [5.74, 6) is 0.0793. The first kappa shape index (κ1) is 14.6. The lowest BCUT2D eigenvalue weighted by atomic mass is 9.99. The first-order chi connectivity index (χ1) is 9.02. The highest BCUT2D eigenvalue weighted by atomic mass is 127. The van der Waals surface area contributed by atoms with Gasteiger partial charge in [-0.1, -0.05) is 23.7 Å². The van der Waals surface area contributed by atoms with Gasteiger partial charge in [-0.25, -0.2) is 4.39 Å².